The third kappa shape index (κ3) is 3.94. The number of primary amides is 1. The molecule has 0 saturated heterocycles. The zero-order valence-electron chi connectivity index (χ0n) is 13.9. The molecule has 24 heavy (non-hydrogen) atoms. The zero-order valence-corrected chi connectivity index (χ0v) is 13.9. The van der Waals surface area contributed by atoms with Crippen molar-refractivity contribution >= 4 is 5.91 Å². The van der Waals surface area contributed by atoms with Crippen molar-refractivity contribution in [1.29, 1.82) is 0 Å². The molecule has 128 valence electrons. The van der Waals surface area contributed by atoms with Gasteiger partial charge in [0.2, 0.25) is 11.8 Å². The Kier molecular flexibility index (Phi) is 5.15. The number of hydrogen-bond donors (Lipinski definition) is 1. The second-order valence-corrected chi connectivity index (χ2v) is 6.16. The molecule has 6 heteroatoms. The molecule has 6 nitrogen and oxygen atoms in total. The number of aromatic nitrogens is 1. The molecule has 1 aliphatic rings. The second-order valence-electron chi connectivity index (χ2n) is 6.16. The summed E-state index contributed by atoms with van der Waals surface area (Å²) in [6.45, 7) is 0.745. The Morgan fingerprint density at radius 3 is 2.67 bits per heavy atom. The number of hydrogen-bond acceptors (Lipinski definition) is 5. The summed E-state index contributed by atoms with van der Waals surface area (Å²) in [6.07, 6.45) is 6.30. The molecule has 1 heterocycles. The first-order valence-corrected chi connectivity index (χ1v) is 8.27. The van der Waals surface area contributed by atoms with Gasteiger partial charge in [-0.2, -0.15) is 0 Å². The van der Waals surface area contributed by atoms with Crippen molar-refractivity contribution in [3.63, 3.8) is 0 Å². The summed E-state index contributed by atoms with van der Waals surface area (Å²) in [7, 11) is 1.64. The molecular weight excluding hydrogens is 306 g/mol. The molecule has 0 unspecified atom stereocenters. The zero-order chi connectivity index (χ0) is 16.9. The van der Waals surface area contributed by atoms with Crippen LogP contribution in [-0.2, 0) is 11.3 Å². The van der Waals surface area contributed by atoms with Crippen LogP contribution in [-0.4, -0.2) is 35.5 Å². The molecule has 1 aromatic carbocycles. The van der Waals surface area contributed by atoms with Gasteiger partial charge < -0.3 is 14.9 Å². The smallest absolute Gasteiger partial charge is 0.231 e. The number of oxazole rings is 1. The molecule has 1 amide bonds. The predicted octanol–water partition coefficient (Wildman–Crippen LogP) is 2.58. The number of carbonyl (C=O) groups excluding carboxylic acids is 1. The molecule has 2 aromatic rings. The van der Waals surface area contributed by atoms with E-state index >= 15 is 0 Å². The highest BCUT2D eigenvalue weighted by atomic mass is 16.5. The van der Waals surface area contributed by atoms with Crippen molar-refractivity contribution in [2.75, 3.05) is 13.7 Å². The van der Waals surface area contributed by atoms with E-state index in [9.17, 15) is 4.79 Å². The van der Waals surface area contributed by atoms with Crippen molar-refractivity contribution < 1.29 is 13.9 Å². The van der Waals surface area contributed by atoms with Crippen LogP contribution < -0.4 is 10.5 Å². The summed E-state index contributed by atoms with van der Waals surface area (Å²) in [5, 5.41) is 0. The van der Waals surface area contributed by atoms with Crippen LogP contribution in [0.4, 0.5) is 0 Å². The minimum atomic E-state index is -0.316. The predicted molar refractivity (Wildman–Crippen MR) is 90.4 cm³/mol. The Labute approximate surface area is 141 Å². The van der Waals surface area contributed by atoms with Gasteiger partial charge in [-0.15, -0.1) is 0 Å². The second kappa shape index (κ2) is 7.49. The summed E-state index contributed by atoms with van der Waals surface area (Å²) in [5.74, 6) is 1.79. The summed E-state index contributed by atoms with van der Waals surface area (Å²) in [4.78, 5) is 17.8. The van der Waals surface area contributed by atoms with Gasteiger partial charge in [-0.25, -0.2) is 4.98 Å². The number of carbonyl (C=O) groups is 1. The van der Waals surface area contributed by atoms with E-state index in [0.29, 0.717) is 24.2 Å². The van der Waals surface area contributed by atoms with Crippen molar-refractivity contribution in [3.8, 4) is 17.1 Å². The van der Waals surface area contributed by atoms with Gasteiger partial charge in [-0.1, -0.05) is 12.8 Å². The van der Waals surface area contributed by atoms with Crippen LogP contribution in [0.3, 0.4) is 0 Å². The Hall–Kier alpha value is -2.34. The minimum Gasteiger partial charge on any atom is -0.497 e. The van der Waals surface area contributed by atoms with E-state index in [2.05, 4.69) is 9.88 Å². The van der Waals surface area contributed by atoms with Gasteiger partial charge in [0.25, 0.3) is 0 Å². The molecule has 2 N–H and O–H groups in total. The molecule has 0 atom stereocenters. The number of amides is 1. The third-order valence-corrected chi connectivity index (χ3v) is 4.47. The number of nitrogens with two attached hydrogens (primary N) is 1. The molecule has 1 aromatic heterocycles. The highest BCUT2D eigenvalue weighted by Crippen LogP contribution is 2.27. The van der Waals surface area contributed by atoms with Gasteiger partial charge >= 0.3 is 0 Å². The third-order valence-electron chi connectivity index (χ3n) is 4.47. The van der Waals surface area contributed by atoms with E-state index in [0.717, 1.165) is 24.2 Å². The number of nitrogens with zero attached hydrogens (tertiary/aromatic N) is 2. The lowest BCUT2D eigenvalue weighted by Crippen LogP contribution is -2.39. The molecule has 1 aliphatic carbocycles. The lowest BCUT2D eigenvalue weighted by Gasteiger charge is -2.25. The topological polar surface area (TPSA) is 81.6 Å². The van der Waals surface area contributed by atoms with Crippen LogP contribution in [0.2, 0.25) is 0 Å². The fourth-order valence-electron chi connectivity index (χ4n) is 3.23. The maximum atomic E-state index is 11.4. The molecule has 0 radical (unpaired) electrons. The van der Waals surface area contributed by atoms with Crippen LogP contribution in [0.25, 0.3) is 11.3 Å². The molecule has 1 saturated carbocycles. The van der Waals surface area contributed by atoms with E-state index in [1.165, 1.54) is 12.8 Å². The normalized spacial score (nSPS) is 15.1. The maximum Gasteiger partial charge on any atom is 0.231 e. The summed E-state index contributed by atoms with van der Waals surface area (Å²) in [5.41, 5.74) is 6.34. The number of benzene rings is 1. The van der Waals surface area contributed by atoms with Crippen LogP contribution in [0.1, 0.15) is 31.6 Å². The maximum absolute atomic E-state index is 11.4. The molecule has 0 aliphatic heterocycles. The number of ether oxygens (including phenoxy) is 1. The first-order valence-electron chi connectivity index (χ1n) is 8.27. The molecule has 3 rings (SSSR count). The lowest BCUT2D eigenvalue weighted by atomic mass is 10.2. The highest BCUT2D eigenvalue weighted by molar-refractivity contribution is 5.75. The molecule has 0 spiro atoms. The Morgan fingerprint density at radius 1 is 1.33 bits per heavy atom. The van der Waals surface area contributed by atoms with E-state index in [1.54, 1.807) is 13.3 Å². The fourth-order valence-corrected chi connectivity index (χ4v) is 3.23. The van der Waals surface area contributed by atoms with E-state index < -0.39 is 0 Å². The van der Waals surface area contributed by atoms with E-state index in [4.69, 9.17) is 14.9 Å². The van der Waals surface area contributed by atoms with Crippen molar-refractivity contribution in [3.05, 3.63) is 36.4 Å². The number of methoxy groups -OCH3 is 1. The minimum absolute atomic E-state index is 0.241. The van der Waals surface area contributed by atoms with Crippen LogP contribution in [0.5, 0.6) is 5.75 Å². The first-order chi connectivity index (χ1) is 11.7. The Morgan fingerprint density at radius 2 is 2.04 bits per heavy atom. The quantitative estimate of drug-likeness (QED) is 0.844. The van der Waals surface area contributed by atoms with Gasteiger partial charge in [-0.3, -0.25) is 9.69 Å². The fraction of sp³-hybridized carbons (Fsp3) is 0.444. The van der Waals surface area contributed by atoms with Gasteiger partial charge in [0.1, 0.15) is 5.75 Å². The standard InChI is InChI=1S/C18H23N3O3/c1-23-15-8-6-13(7-9-15)16-10-20-18(24-16)12-21(11-17(19)22)14-4-2-3-5-14/h6-10,14H,2-5,11-12H2,1H3,(H2,19,22). The van der Waals surface area contributed by atoms with E-state index in [1.807, 2.05) is 24.3 Å². The monoisotopic (exact) mass is 329 g/mol. The van der Waals surface area contributed by atoms with Crippen LogP contribution >= 0.6 is 0 Å². The molecular formula is C18H23N3O3. The SMILES string of the molecule is COc1ccc(-c2cnc(CN(CC(N)=O)C3CCCC3)o2)cc1. The Balaban J connectivity index is 1.71. The average molecular weight is 329 g/mol. The largest absolute Gasteiger partial charge is 0.497 e. The van der Waals surface area contributed by atoms with Crippen molar-refractivity contribution in [1.82, 2.24) is 9.88 Å². The van der Waals surface area contributed by atoms with Gasteiger partial charge in [-0.05, 0) is 37.1 Å². The van der Waals surface area contributed by atoms with Gasteiger partial charge in [0, 0.05) is 11.6 Å². The summed E-state index contributed by atoms with van der Waals surface area (Å²) in [6, 6.07) is 8.02. The van der Waals surface area contributed by atoms with Gasteiger partial charge in [0.05, 0.1) is 26.4 Å². The first kappa shape index (κ1) is 16.5. The average Bonchev–Trinajstić information content (AvgIpc) is 3.26. The van der Waals surface area contributed by atoms with E-state index in [-0.39, 0.29) is 12.5 Å². The van der Waals surface area contributed by atoms with Crippen LogP contribution in [0.15, 0.2) is 34.9 Å². The highest BCUT2D eigenvalue weighted by Gasteiger charge is 2.25. The van der Waals surface area contributed by atoms with Crippen LogP contribution in [0, 0.1) is 0 Å². The molecule has 0 bridgehead atoms. The van der Waals surface area contributed by atoms with Crippen molar-refractivity contribution in [2.45, 2.75) is 38.3 Å². The van der Waals surface area contributed by atoms with Crippen molar-refractivity contribution in [2.24, 2.45) is 5.73 Å². The number of rotatable bonds is 7. The summed E-state index contributed by atoms with van der Waals surface area (Å²) >= 11 is 0. The summed E-state index contributed by atoms with van der Waals surface area (Å²) < 4.78 is 11.0. The molecule has 1 fully saturated rings. The lowest BCUT2D eigenvalue weighted by molar-refractivity contribution is -0.119. The van der Waals surface area contributed by atoms with Gasteiger partial charge in [0.15, 0.2) is 5.76 Å². The Bertz CT molecular complexity index is 675.